The Kier molecular flexibility index (Phi) is 4.72. The standard InChI is InChI=1S/C21H29FN4O3/c1-20(2,3)29-19(28)25-10-14-15(11-25)16(14)17(27)24-21(4,5)18-23-8-13-7-6-12(22)9-26(13)18/h6-9,14-16,19,28H,10-11H2,1-5H3,(H,24,27)/t14-,15+,16?,19?. The second-order valence-corrected chi connectivity index (χ2v) is 9.70. The van der Waals surface area contributed by atoms with Gasteiger partial charge in [-0.1, -0.05) is 0 Å². The van der Waals surface area contributed by atoms with Crippen molar-refractivity contribution in [3.8, 4) is 0 Å². The summed E-state index contributed by atoms with van der Waals surface area (Å²) < 4.78 is 20.9. The first-order valence-electron chi connectivity index (χ1n) is 10.0. The first-order chi connectivity index (χ1) is 13.5. The molecule has 1 aliphatic heterocycles. The number of aliphatic hydroxyl groups excluding tert-OH is 1. The molecule has 7 nitrogen and oxygen atoms in total. The molecule has 2 aromatic heterocycles. The van der Waals surface area contributed by atoms with Crippen molar-refractivity contribution in [3.05, 3.63) is 36.2 Å². The summed E-state index contributed by atoms with van der Waals surface area (Å²) >= 11 is 0. The van der Waals surface area contributed by atoms with Gasteiger partial charge in [0.25, 0.3) is 0 Å². The van der Waals surface area contributed by atoms with Gasteiger partial charge in [-0.25, -0.2) is 9.37 Å². The van der Waals surface area contributed by atoms with Crippen molar-refractivity contribution < 1.29 is 19.0 Å². The van der Waals surface area contributed by atoms with Gasteiger partial charge < -0.3 is 15.2 Å². The smallest absolute Gasteiger partial charge is 0.224 e. The number of likely N-dealkylation sites (tertiary alicyclic amines) is 1. The molecule has 2 N–H and O–H groups in total. The lowest BCUT2D eigenvalue weighted by atomic mass is 10.0. The molecule has 0 spiro atoms. The minimum Gasteiger partial charge on any atom is -0.356 e. The number of rotatable bonds is 5. The van der Waals surface area contributed by atoms with Crippen molar-refractivity contribution in [1.29, 1.82) is 0 Å². The summed E-state index contributed by atoms with van der Waals surface area (Å²) in [5, 5.41) is 13.3. The molecule has 2 fully saturated rings. The third kappa shape index (κ3) is 3.89. The number of hydrogen-bond acceptors (Lipinski definition) is 5. The van der Waals surface area contributed by atoms with Crippen molar-refractivity contribution >= 4 is 11.4 Å². The largest absolute Gasteiger partial charge is 0.356 e. The maximum Gasteiger partial charge on any atom is 0.224 e. The molecule has 0 radical (unpaired) electrons. The first-order valence-corrected chi connectivity index (χ1v) is 10.0. The maximum absolute atomic E-state index is 13.7. The molecule has 2 unspecified atom stereocenters. The molecule has 158 valence electrons. The second-order valence-electron chi connectivity index (χ2n) is 9.70. The third-order valence-electron chi connectivity index (χ3n) is 5.78. The van der Waals surface area contributed by atoms with Crippen molar-refractivity contribution in [2.75, 3.05) is 13.1 Å². The molecule has 0 aromatic carbocycles. The number of fused-ring (bicyclic) bond motifs is 2. The average Bonchev–Trinajstić information content (AvgIpc) is 2.93. The number of carbonyl (C=O) groups is 1. The van der Waals surface area contributed by atoms with Gasteiger partial charge in [0.1, 0.15) is 11.6 Å². The number of halogens is 1. The molecule has 29 heavy (non-hydrogen) atoms. The van der Waals surface area contributed by atoms with Gasteiger partial charge in [-0.05, 0) is 58.6 Å². The number of aromatic nitrogens is 2. The van der Waals surface area contributed by atoms with E-state index in [0.29, 0.717) is 18.9 Å². The van der Waals surface area contributed by atoms with Crippen LogP contribution in [0.1, 0.15) is 40.4 Å². The first kappa shape index (κ1) is 20.3. The lowest BCUT2D eigenvalue weighted by molar-refractivity contribution is -0.236. The van der Waals surface area contributed by atoms with E-state index in [4.69, 9.17) is 4.74 Å². The zero-order valence-corrected chi connectivity index (χ0v) is 17.5. The second kappa shape index (κ2) is 6.75. The zero-order chi connectivity index (χ0) is 21.1. The van der Waals surface area contributed by atoms with Crippen LogP contribution in [-0.4, -0.2) is 50.4 Å². The van der Waals surface area contributed by atoms with Crippen LogP contribution in [0.3, 0.4) is 0 Å². The molecule has 1 aliphatic carbocycles. The topological polar surface area (TPSA) is 79.1 Å². The molecule has 4 rings (SSSR count). The van der Waals surface area contributed by atoms with Gasteiger partial charge >= 0.3 is 0 Å². The lowest BCUT2D eigenvalue weighted by Gasteiger charge is -2.31. The molecule has 3 heterocycles. The summed E-state index contributed by atoms with van der Waals surface area (Å²) in [4.78, 5) is 19.2. The molecule has 1 saturated heterocycles. The Morgan fingerprint density at radius 3 is 2.55 bits per heavy atom. The summed E-state index contributed by atoms with van der Waals surface area (Å²) in [6, 6.07) is 3.05. The van der Waals surface area contributed by atoms with Crippen molar-refractivity contribution in [2.45, 2.75) is 52.2 Å². The van der Waals surface area contributed by atoms with Crippen LogP contribution in [-0.2, 0) is 15.1 Å². The molecular weight excluding hydrogens is 375 g/mol. The van der Waals surface area contributed by atoms with Crippen LogP contribution >= 0.6 is 0 Å². The number of nitrogens with zero attached hydrogens (tertiary/aromatic N) is 3. The fourth-order valence-electron chi connectivity index (χ4n) is 4.39. The molecule has 1 saturated carbocycles. The summed E-state index contributed by atoms with van der Waals surface area (Å²) in [6.45, 7) is 10.7. The lowest BCUT2D eigenvalue weighted by Crippen LogP contribution is -2.46. The summed E-state index contributed by atoms with van der Waals surface area (Å²) in [7, 11) is 0. The summed E-state index contributed by atoms with van der Waals surface area (Å²) in [6.07, 6.45) is 2.10. The number of carbonyl (C=O) groups excluding carboxylic acids is 1. The quantitative estimate of drug-likeness (QED) is 0.746. The van der Waals surface area contributed by atoms with Gasteiger partial charge in [0, 0.05) is 25.2 Å². The SMILES string of the molecule is CC(C)(C)OC(O)N1C[C@@H]2C(C(=O)NC(C)(C)c3ncc4ccc(F)cn34)[C@@H]2C1. The van der Waals surface area contributed by atoms with Crippen LogP contribution in [0.15, 0.2) is 24.5 Å². The normalized spacial score (nSPS) is 25.8. The van der Waals surface area contributed by atoms with Crippen LogP contribution in [0.25, 0.3) is 5.52 Å². The number of piperidine rings is 1. The van der Waals surface area contributed by atoms with Crippen molar-refractivity contribution in [1.82, 2.24) is 19.6 Å². The fraction of sp³-hybridized carbons (Fsp3) is 0.619. The number of ether oxygens (including phenoxy) is 1. The van der Waals surface area contributed by atoms with Crippen LogP contribution in [0.2, 0.25) is 0 Å². The Balaban J connectivity index is 1.39. The number of hydrogen-bond donors (Lipinski definition) is 2. The highest BCUT2D eigenvalue weighted by molar-refractivity contribution is 5.83. The highest BCUT2D eigenvalue weighted by Crippen LogP contribution is 2.52. The van der Waals surface area contributed by atoms with Gasteiger partial charge in [-0.3, -0.25) is 14.1 Å². The van der Waals surface area contributed by atoms with E-state index in [1.54, 1.807) is 16.7 Å². The minimum absolute atomic E-state index is 0.0240. The van der Waals surface area contributed by atoms with Gasteiger partial charge in [0.05, 0.1) is 22.9 Å². The van der Waals surface area contributed by atoms with E-state index in [9.17, 15) is 14.3 Å². The number of pyridine rings is 1. The number of aliphatic hydroxyl groups is 1. The number of nitrogens with one attached hydrogen (secondary N) is 1. The molecule has 2 aromatic rings. The zero-order valence-electron chi connectivity index (χ0n) is 17.5. The van der Waals surface area contributed by atoms with Crippen LogP contribution < -0.4 is 5.32 Å². The molecule has 4 atom stereocenters. The molecular formula is C21H29FN4O3. The average molecular weight is 404 g/mol. The predicted molar refractivity (Wildman–Crippen MR) is 105 cm³/mol. The Labute approximate surface area is 169 Å². The Morgan fingerprint density at radius 2 is 1.93 bits per heavy atom. The monoisotopic (exact) mass is 404 g/mol. The van der Waals surface area contributed by atoms with Crippen molar-refractivity contribution in [2.24, 2.45) is 17.8 Å². The Hall–Kier alpha value is -2.03. The third-order valence-corrected chi connectivity index (χ3v) is 5.78. The number of amides is 1. The van der Waals surface area contributed by atoms with E-state index in [-0.39, 0.29) is 29.5 Å². The molecule has 1 amide bonds. The van der Waals surface area contributed by atoms with E-state index >= 15 is 0 Å². The van der Waals surface area contributed by atoms with Gasteiger partial charge in [-0.15, -0.1) is 0 Å². The van der Waals surface area contributed by atoms with Gasteiger partial charge in [0.2, 0.25) is 12.3 Å². The van der Waals surface area contributed by atoms with E-state index < -0.39 is 17.6 Å². The molecule has 2 aliphatic rings. The van der Waals surface area contributed by atoms with Crippen LogP contribution in [0, 0.1) is 23.6 Å². The van der Waals surface area contributed by atoms with Gasteiger partial charge in [0.15, 0.2) is 0 Å². The Bertz CT molecular complexity index is 924. The Morgan fingerprint density at radius 1 is 1.28 bits per heavy atom. The van der Waals surface area contributed by atoms with E-state index in [2.05, 4.69) is 10.3 Å². The van der Waals surface area contributed by atoms with E-state index in [0.717, 1.165) is 5.52 Å². The summed E-state index contributed by atoms with van der Waals surface area (Å²) in [5.41, 5.74) is -0.405. The molecule has 8 heteroatoms. The fourth-order valence-corrected chi connectivity index (χ4v) is 4.39. The minimum atomic E-state index is -0.950. The number of imidazole rings is 1. The maximum atomic E-state index is 13.7. The molecule has 0 bridgehead atoms. The predicted octanol–water partition coefficient (Wildman–Crippen LogP) is 2.09. The van der Waals surface area contributed by atoms with Crippen LogP contribution in [0.4, 0.5) is 4.39 Å². The highest BCUT2D eigenvalue weighted by atomic mass is 19.1. The van der Waals surface area contributed by atoms with E-state index in [1.165, 1.54) is 12.3 Å². The van der Waals surface area contributed by atoms with Crippen LogP contribution in [0.5, 0.6) is 0 Å². The highest BCUT2D eigenvalue weighted by Gasteiger charge is 2.60. The summed E-state index contributed by atoms with van der Waals surface area (Å²) in [5.74, 6) is 0.574. The van der Waals surface area contributed by atoms with E-state index in [1.807, 2.05) is 39.5 Å². The van der Waals surface area contributed by atoms with Gasteiger partial charge in [-0.2, -0.15) is 0 Å². The van der Waals surface area contributed by atoms with Crippen molar-refractivity contribution in [3.63, 3.8) is 0 Å².